The topological polar surface area (TPSA) is 81.6 Å². The molecule has 2 atom stereocenters. The molecule has 0 aliphatic carbocycles. The third-order valence-electron chi connectivity index (χ3n) is 4.59. The van der Waals surface area contributed by atoms with Crippen molar-refractivity contribution < 1.29 is 18.5 Å². The maximum Gasteiger partial charge on any atom is 0.237 e. The molecular formula is C15H17N3O4. The number of ether oxygens (including phenoxy) is 1. The molecule has 0 N–H and O–H groups in total. The SMILES string of the molecule is Cc1noc([C@@]23COC[C@@H]2CN(C(=O)Cc2ccco2)C3)n1. The number of furan rings is 1. The van der Waals surface area contributed by atoms with E-state index in [-0.39, 0.29) is 23.7 Å². The molecule has 0 radical (unpaired) electrons. The molecule has 2 aromatic heterocycles. The Balaban J connectivity index is 1.55. The molecule has 2 saturated heterocycles. The van der Waals surface area contributed by atoms with Crippen LogP contribution in [-0.4, -0.2) is 47.3 Å². The van der Waals surface area contributed by atoms with Crippen LogP contribution in [0.5, 0.6) is 0 Å². The minimum atomic E-state index is -0.361. The zero-order valence-corrected chi connectivity index (χ0v) is 12.3. The lowest BCUT2D eigenvalue weighted by atomic mass is 9.81. The summed E-state index contributed by atoms with van der Waals surface area (Å²) in [4.78, 5) is 18.7. The Morgan fingerprint density at radius 3 is 3.18 bits per heavy atom. The normalized spacial score (nSPS) is 27.3. The summed E-state index contributed by atoms with van der Waals surface area (Å²) in [6, 6.07) is 3.60. The van der Waals surface area contributed by atoms with Crippen molar-refractivity contribution in [3.05, 3.63) is 35.9 Å². The van der Waals surface area contributed by atoms with Crippen LogP contribution in [-0.2, 0) is 21.4 Å². The average Bonchev–Trinajstić information content (AvgIpc) is 3.19. The van der Waals surface area contributed by atoms with Crippen LogP contribution in [0.3, 0.4) is 0 Å². The number of rotatable bonds is 3. The number of amides is 1. The van der Waals surface area contributed by atoms with Crippen molar-refractivity contribution in [1.29, 1.82) is 0 Å². The van der Waals surface area contributed by atoms with Gasteiger partial charge in [0, 0.05) is 19.0 Å². The van der Waals surface area contributed by atoms with E-state index < -0.39 is 0 Å². The highest BCUT2D eigenvalue weighted by molar-refractivity contribution is 5.78. The molecule has 2 fully saturated rings. The summed E-state index contributed by atoms with van der Waals surface area (Å²) in [6.07, 6.45) is 1.86. The molecule has 2 aliphatic rings. The monoisotopic (exact) mass is 303 g/mol. The average molecular weight is 303 g/mol. The van der Waals surface area contributed by atoms with Gasteiger partial charge >= 0.3 is 0 Å². The molecule has 4 heterocycles. The van der Waals surface area contributed by atoms with E-state index in [2.05, 4.69) is 10.1 Å². The van der Waals surface area contributed by atoms with Crippen LogP contribution in [0.25, 0.3) is 0 Å². The molecule has 1 amide bonds. The van der Waals surface area contributed by atoms with Crippen molar-refractivity contribution in [2.24, 2.45) is 5.92 Å². The lowest BCUT2D eigenvalue weighted by molar-refractivity contribution is -0.130. The fraction of sp³-hybridized carbons (Fsp3) is 0.533. The Bertz CT molecular complexity index is 681. The second-order valence-corrected chi connectivity index (χ2v) is 6.05. The van der Waals surface area contributed by atoms with E-state index in [1.807, 2.05) is 11.0 Å². The van der Waals surface area contributed by atoms with Gasteiger partial charge in [-0.05, 0) is 19.1 Å². The van der Waals surface area contributed by atoms with Crippen molar-refractivity contribution in [2.45, 2.75) is 18.8 Å². The maximum absolute atomic E-state index is 12.5. The Morgan fingerprint density at radius 1 is 1.55 bits per heavy atom. The van der Waals surface area contributed by atoms with Gasteiger partial charge < -0.3 is 18.6 Å². The van der Waals surface area contributed by atoms with Crippen LogP contribution in [0.1, 0.15) is 17.5 Å². The van der Waals surface area contributed by atoms with Gasteiger partial charge in [0.05, 0.1) is 31.3 Å². The lowest BCUT2D eigenvalue weighted by Gasteiger charge is -2.22. The molecule has 0 bridgehead atoms. The summed E-state index contributed by atoms with van der Waals surface area (Å²) in [5, 5.41) is 3.89. The zero-order chi connectivity index (χ0) is 15.2. The second kappa shape index (κ2) is 4.95. The summed E-state index contributed by atoms with van der Waals surface area (Å²) in [5.41, 5.74) is -0.361. The van der Waals surface area contributed by atoms with Gasteiger partial charge in [0.1, 0.15) is 5.76 Å². The Kier molecular flexibility index (Phi) is 3.04. The van der Waals surface area contributed by atoms with Crippen LogP contribution in [0, 0.1) is 12.8 Å². The molecule has 0 unspecified atom stereocenters. The van der Waals surface area contributed by atoms with Crippen molar-refractivity contribution in [2.75, 3.05) is 26.3 Å². The number of hydrogen-bond acceptors (Lipinski definition) is 6. The highest BCUT2D eigenvalue weighted by Gasteiger charge is 2.56. The standard InChI is InChI=1S/C15H17N3O4/c1-10-16-14(22-17-10)15-8-18(6-11(15)7-20-9-15)13(19)5-12-3-2-4-21-12/h2-4,11H,5-9H2,1H3/t11-,15-/m0/s1. The zero-order valence-electron chi connectivity index (χ0n) is 12.3. The van der Waals surface area contributed by atoms with E-state index in [9.17, 15) is 4.79 Å². The van der Waals surface area contributed by atoms with Crippen molar-refractivity contribution >= 4 is 5.91 Å². The Hall–Kier alpha value is -2.15. The number of nitrogens with zero attached hydrogens (tertiary/aromatic N) is 3. The fourth-order valence-corrected chi connectivity index (χ4v) is 3.40. The van der Waals surface area contributed by atoms with Gasteiger partial charge in [-0.1, -0.05) is 5.16 Å². The van der Waals surface area contributed by atoms with Crippen molar-refractivity contribution in [1.82, 2.24) is 15.0 Å². The Labute approximate surface area is 127 Å². The number of aromatic nitrogens is 2. The summed E-state index contributed by atoms with van der Waals surface area (Å²) in [7, 11) is 0. The third-order valence-corrected chi connectivity index (χ3v) is 4.59. The number of carbonyl (C=O) groups excluding carboxylic acids is 1. The Morgan fingerprint density at radius 2 is 2.45 bits per heavy atom. The number of aryl methyl sites for hydroxylation is 1. The highest BCUT2D eigenvalue weighted by Crippen LogP contribution is 2.43. The van der Waals surface area contributed by atoms with E-state index in [4.69, 9.17) is 13.7 Å². The minimum absolute atomic E-state index is 0.0555. The van der Waals surface area contributed by atoms with Gasteiger partial charge in [-0.15, -0.1) is 0 Å². The van der Waals surface area contributed by atoms with Crippen molar-refractivity contribution in [3.63, 3.8) is 0 Å². The molecule has 2 aliphatic heterocycles. The summed E-state index contributed by atoms with van der Waals surface area (Å²) < 4.78 is 16.3. The lowest BCUT2D eigenvalue weighted by Crippen LogP contribution is -2.38. The van der Waals surface area contributed by atoms with Crippen LogP contribution in [0.4, 0.5) is 0 Å². The van der Waals surface area contributed by atoms with E-state index in [1.54, 1.807) is 19.3 Å². The van der Waals surface area contributed by atoms with E-state index in [0.717, 1.165) is 0 Å². The summed E-state index contributed by atoms with van der Waals surface area (Å²) >= 11 is 0. The first-order valence-electron chi connectivity index (χ1n) is 7.36. The van der Waals surface area contributed by atoms with Crippen molar-refractivity contribution in [3.8, 4) is 0 Å². The maximum atomic E-state index is 12.5. The summed E-state index contributed by atoms with van der Waals surface area (Å²) in [6.45, 7) is 4.14. The first-order chi connectivity index (χ1) is 10.7. The molecule has 4 rings (SSSR count). The number of carbonyl (C=O) groups is 1. The van der Waals surface area contributed by atoms with Gasteiger partial charge in [-0.2, -0.15) is 4.98 Å². The van der Waals surface area contributed by atoms with Gasteiger partial charge in [0.15, 0.2) is 5.82 Å². The highest BCUT2D eigenvalue weighted by atomic mass is 16.5. The van der Waals surface area contributed by atoms with Crippen LogP contribution < -0.4 is 0 Å². The number of hydrogen-bond donors (Lipinski definition) is 0. The molecule has 7 nitrogen and oxygen atoms in total. The predicted molar refractivity (Wildman–Crippen MR) is 74.0 cm³/mol. The first-order valence-corrected chi connectivity index (χ1v) is 7.36. The number of likely N-dealkylation sites (tertiary alicyclic amines) is 1. The molecule has 0 aromatic carbocycles. The fourth-order valence-electron chi connectivity index (χ4n) is 3.40. The first kappa shape index (κ1) is 13.5. The van der Waals surface area contributed by atoms with Gasteiger partial charge in [0.2, 0.25) is 11.8 Å². The smallest absolute Gasteiger partial charge is 0.237 e. The van der Waals surface area contributed by atoms with E-state index in [0.29, 0.717) is 43.8 Å². The van der Waals surface area contributed by atoms with E-state index >= 15 is 0 Å². The molecule has 116 valence electrons. The van der Waals surface area contributed by atoms with E-state index in [1.165, 1.54) is 0 Å². The predicted octanol–water partition coefficient (Wildman–Crippen LogP) is 0.940. The minimum Gasteiger partial charge on any atom is -0.469 e. The summed E-state index contributed by atoms with van der Waals surface area (Å²) in [5.74, 6) is 2.13. The third kappa shape index (κ3) is 2.04. The molecule has 2 aromatic rings. The quantitative estimate of drug-likeness (QED) is 0.839. The van der Waals surface area contributed by atoms with Crippen LogP contribution >= 0.6 is 0 Å². The van der Waals surface area contributed by atoms with Crippen LogP contribution in [0.15, 0.2) is 27.3 Å². The molecular weight excluding hydrogens is 286 g/mol. The largest absolute Gasteiger partial charge is 0.469 e. The number of fused-ring (bicyclic) bond motifs is 1. The molecule has 0 saturated carbocycles. The molecule has 22 heavy (non-hydrogen) atoms. The van der Waals surface area contributed by atoms with Gasteiger partial charge in [-0.25, -0.2) is 0 Å². The van der Waals surface area contributed by atoms with Crippen LogP contribution in [0.2, 0.25) is 0 Å². The second-order valence-electron chi connectivity index (χ2n) is 6.05. The molecule has 0 spiro atoms. The van der Waals surface area contributed by atoms with Gasteiger partial charge in [0.25, 0.3) is 0 Å². The molecule has 7 heteroatoms. The van der Waals surface area contributed by atoms with Gasteiger partial charge in [-0.3, -0.25) is 4.79 Å².